The molecule has 0 bridgehead atoms. The number of rotatable bonds is 6. The summed E-state index contributed by atoms with van der Waals surface area (Å²) in [6.07, 6.45) is 4.00. The molecule has 0 spiro atoms. The topological polar surface area (TPSA) is 15.3 Å². The lowest BCUT2D eigenvalue weighted by atomic mass is 9.82. The van der Waals surface area contributed by atoms with Gasteiger partial charge in [0.15, 0.2) is 0 Å². The highest BCUT2D eigenvalue weighted by Gasteiger charge is 2.34. The highest BCUT2D eigenvalue weighted by atomic mass is 15.2. The summed E-state index contributed by atoms with van der Waals surface area (Å²) in [7, 11) is 1.98. The van der Waals surface area contributed by atoms with Crippen LogP contribution in [0.25, 0.3) is 0 Å². The predicted octanol–water partition coefficient (Wildman–Crippen LogP) is 2.27. The zero-order valence-electron chi connectivity index (χ0n) is 10.6. The molecule has 1 aliphatic heterocycles. The molecule has 88 valence electrons. The van der Waals surface area contributed by atoms with Crippen molar-refractivity contribution in [3.63, 3.8) is 0 Å². The number of likely N-dealkylation sites (N-methyl/N-ethyl adjacent to an activating group) is 1. The maximum atomic E-state index is 4.10. The second-order valence-corrected chi connectivity index (χ2v) is 4.95. The molecule has 0 aromatic heterocycles. The fraction of sp³-hybridized carbons (Fsp3) is 0.846. The van der Waals surface area contributed by atoms with Crippen molar-refractivity contribution in [2.45, 2.75) is 33.1 Å². The molecule has 0 atom stereocenters. The van der Waals surface area contributed by atoms with Crippen LogP contribution in [0.1, 0.15) is 33.1 Å². The van der Waals surface area contributed by atoms with Gasteiger partial charge in [-0.1, -0.05) is 20.4 Å². The lowest BCUT2D eigenvalue weighted by Gasteiger charge is -2.26. The van der Waals surface area contributed by atoms with Crippen molar-refractivity contribution in [3.8, 4) is 0 Å². The summed E-state index contributed by atoms with van der Waals surface area (Å²) in [5, 5.41) is 3.16. The van der Waals surface area contributed by atoms with Gasteiger partial charge in [0.25, 0.3) is 0 Å². The second kappa shape index (κ2) is 5.66. The van der Waals surface area contributed by atoms with Gasteiger partial charge in [0.2, 0.25) is 0 Å². The molecular weight excluding hydrogens is 184 g/mol. The Labute approximate surface area is 94.7 Å². The van der Waals surface area contributed by atoms with Crippen LogP contribution >= 0.6 is 0 Å². The predicted molar refractivity (Wildman–Crippen MR) is 67.1 cm³/mol. The molecule has 0 aliphatic carbocycles. The molecular formula is C13H26N2. The van der Waals surface area contributed by atoms with E-state index in [2.05, 4.69) is 30.6 Å². The van der Waals surface area contributed by atoms with Crippen LogP contribution in [0.2, 0.25) is 0 Å². The van der Waals surface area contributed by atoms with E-state index in [9.17, 15) is 0 Å². The van der Waals surface area contributed by atoms with Gasteiger partial charge in [0.1, 0.15) is 0 Å². The van der Waals surface area contributed by atoms with E-state index >= 15 is 0 Å². The second-order valence-electron chi connectivity index (χ2n) is 4.95. The number of likely N-dealkylation sites (tertiary alicyclic amines) is 1. The van der Waals surface area contributed by atoms with E-state index in [4.69, 9.17) is 0 Å². The van der Waals surface area contributed by atoms with Gasteiger partial charge in [-0.3, -0.25) is 4.90 Å². The molecule has 0 saturated carbocycles. The normalized spacial score (nSPS) is 20.7. The minimum absolute atomic E-state index is 0.597. The SMILES string of the molecule is C=C(CNC)CN1CCC(CC)(CC)C1. The zero-order valence-corrected chi connectivity index (χ0v) is 10.6. The first-order chi connectivity index (χ1) is 7.15. The van der Waals surface area contributed by atoms with Gasteiger partial charge in [0.05, 0.1) is 0 Å². The standard InChI is InChI=1S/C13H26N2/c1-5-13(6-2)7-8-15(11-13)10-12(3)9-14-4/h14H,3,5-11H2,1-2,4H3. The fourth-order valence-electron chi connectivity index (χ4n) is 2.61. The summed E-state index contributed by atoms with van der Waals surface area (Å²) in [5.74, 6) is 0. The van der Waals surface area contributed by atoms with E-state index < -0.39 is 0 Å². The summed E-state index contributed by atoms with van der Waals surface area (Å²) in [4.78, 5) is 2.56. The third-order valence-electron chi connectivity index (χ3n) is 3.89. The largest absolute Gasteiger partial charge is 0.316 e. The number of hydrogen-bond donors (Lipinski definition) is 1. The molecule has 1 aliphatic rings. The monoisotopic (exact) mass is 210 g/mol. The van der Waals surface area contributed by atoms with Crippen LogP contribution in [0, 0.1) is 5.41 Å². The molecule has 0 aromatic carbocycles. The maximum absolute atomic E-state index is 4.10. The zero-order chi connectivity index (χ0) is 11.3. The molecule has 1 rings (SSSR count). The molecule has 0 unspecified atom stereocenters. The number of nitrogens with zero attached hydrogens (tertiary/aromatic N) is 1. The average molecular weight is 210 g/mol. The van der Waals surface area contributed by atoms with Crippen molar-refractivity contribution in [3.05, 3.63) is 12.2 Å². The van der Waals surface area contributed by atoms with Gasteiger partial charge in [-0.25, -0.2) is 0 Å². The summed E-state index contributed by atoms with van der Waals surface area (Å²) >= 11 is 0. The van der Waals surface area contributed by atoms with Crippen LogP contribution in [-0.4, -0.2) is 38.1 Å². The van der Waals surface area contributed by atoms with E-state index in [0.29, 0.717) is 5.41 Å². The van der Waals surface area contributed by atoms with Crippen LogP contribution in [0.15, 0.2) is 12.2 Å². The molecule has 1 fully saturated rings. The molecule has 1 heterocycles. The Hall–Kier alpha value is -0.340. The lowest BCUT2D eigenvalue weighted by Crippen LogP contribution is -2.29. The van der Waals surface area contributed by atoms with Crippen molar-refractivity contribution in [2.75, 3.05) is 33.2 Å². The van der Waals surface area contributed by atoms with Gasteiger partial charge in [-0.05, 0) is 43.8 Å². The van der Waals surface area contributed by atoms with E-state index in [-0.39, 0.29) is 0 Å². The fourth-order valence-corrected chi connectivity index (χ4v) is 2.61. The Bertz CT molecular complexity index is 207. The summed E-state index contributed by atoms with van der Waals surface area (Å²) in [5.41, 5.74) is 1.90. The van der Waals surface area contributed by atoms with Crippen LogP contribution in [0.5, 0.6) is 0 Å². The Morgan fingerprint density at radius 1 is 1.40 bits per heavy atom. The van der Waals surface area contributed by atoms with Crippen LogP contribution < -0.4 is 5.32 Å². The van der Waals surface area contributed by atoms with E-state index in [0.717, 1.165) is 13.1 Å². The summed E-state index contributed by atoms with van der Waals surface area (Å²) in [6.45, 7) is 13.3. The van der Waals surface area contributed by atoms with Crippen molar-refractivity contribution in [1.82, 2.24) is 10.2 Å². The van der Waals surface area contributed by atoms with Crippen molar-refractivity contribution in [1.29, 1.82) is 0 Å². The van der Waals surface area contributed by atoms with Crippen LogP contribution in [-0.2, 0) is 0 Å². The van der Waals surface area contributed by atoms with Crippen molar-refractivity contribution in [2.24, 2.45) is 5.41 Å². The molecule has 2 nitrogen and oxygen atoms in total. The van der Waals surface area contributed by atoms with Gasteiger partial charge >= 0.3 is 0 Å². The van der Waals surface area contributed by atoms with Crippen molar-refractivity contribution >= 4 is 0 Å². The summed E-state index contributed by atoms with van der Waals surface area (Å²) < 4.78 is 0. The molecule has 1 saturated heterocycles. The first kappa shape index (κ1) is 12.7. The Morgan fingerprint density at radius 2 is 2.07 bits per heavy atom. The first-order valence-corrected chi connectivity index (χ1v) is 6.19. The summed E-state index contributed by atoms with van der Waals surface area (Å²) in [6, 6.07) is 0. The number of hydrogen-bond acceptors (Lipinski definition) is 2. The molecule has 0 aromatic rings. The van der Waals surface area contributed by atoms with E-state index in [1.54, 1.807) is 0 Å². The Morgan fingerprint density at radius 3 is 2.53 bits per heavy atom. The van der Waals surface area contributed by atoms with Crippen LogP contribution in [0.3, 0.4) is 0 Å². The molecule has 0 amide bonds. The Balaban J connectivity index is 2.39. The number of nitrogens with one attached hydrogen (secondary N) is 1. The maximum Gasteiger partial charge on any atom is 0.0203 e. The first-order valence-electron chi connectivity index (χ1n) is 6.19. The lowest BCUT2D eigenvalue weighted by molar-refractivity contribution is 0.249. The van der Waals surface area contributed by atoms with Gasteiger partial charge < -0.3 is 5.32 Å². The molecule has 0 radical (unpaired) electrons. The Kier molecular flexibility index (Phi) is 4.81. The highest BCUT2D eigenvalue weighted by molar-refractivity contribution is 5.02. The minimum atomic E-state index is 0.597. The quantitative estimate of drug-likeness (QED) is 0.677. The molecule has 1 N–H and O–H groups in total. The third-order valence-corrected chi connectivity index (χ3v) is 3.89. The van der Waals surface area contributed by atoms with Crippen LogP contribution in [0.4, 0.5) is 0 Å². The van der Waals surface area contributed by atoms with Gasteiger partial charge in [-0.15, -0.1) is 0 Å². The molecule has 2 heteroatoms. The smallest absolute Gasteiger partial charge is 0.0203 e. The average Bonchev–Trinajstić information content (AvgIpc) is 2.63. The third kappa shape index (κ3) is 3.32. The van der Waals surface area contributed by atoms with Gasteiger partial charge in [0, 0.05) is 19.6 Å². The van der Waals surface area contributed by atoms with E-state index in [1.807, 2.05) is 7.05 Å². The highest BCUT2D eigenvalue weighted by Crippen LogP contribution is 2.36. The van der Waals surface area contributed by atoms with Crippen molar-refractivity contribution < 1.29 is 0 Å². The van der Waals surface area contributed by atoms with Gasteiger partial charge in [-0.2, -0.15) is 0 Å². The molecule has 15 heavy (non-hydrogen) atoms. The van der Waals surface area contributed by atoms with E-state index in [1.165, 1.54) is 37.9 Å². The minimum Gasteiger partial charge on any atom is -0.316 e.